The molecule has 0 aliphatic heterocycles. The van der Waals surface area contributed by atoms with E-state index in [9.17, 15) is 9.59 Å². The van der Waals surface area contributed by atoms with Gasteiger partial charge < -0.3 is 10.7 Å². The molecule has 3 rings (SSSR count). The first-order valence-corrected chi connectivity index (χ1v) is 10.2. The number of rotatable bonds is 7. The number of benzene rings is 2. The molecule has 0 aliphatic rings. The van der Waals surface area contributed by atoms with Gasteiger partial charge in [-0.05, 0) is 30.9 Å². The quantitative estimate of drug-likeness (QED) is 0.628. The number of hydrogen-bond donors (Lipinski definition) is 2. The van der Waals surface area contributed by atoms with Gasteiger partial charge in [-0.3, -0.25) is 9.59 Å². The molecule has 0 bridgehead atoms. The topological polar surface area (TPSA) is 63.1 Å². The van der Waals surface area contributed by atoms with Crippen LogP contribution >= 0.6 is 0 Å². The number of carbonyl (C=O) groups excluding carboxylic acids is 1. The molecule has 0 fully saturated rings. The van der Waals surface area contributed by atoms with Crippen molar-refractivity contribution in [2.24, 2.45) is 5.92 Å². The molecule has 29 heavy (non-hydrogen) atoms. The van der Waals surface area contributed by atoms with Gasteiger partial charge >= 0.3 is 0 Å². The molecular weight excluding hydrogens is 362 g/mol. The van der Waals surface area contributed by atoms with E-state index in [2.05, 4.69) is 24.6 Å². The minimum absolute atomic E-state index is 0.0918. The van der Waals surface area contributed by atoms with E-state index in [1.165, 1.54) is 4.68 Å². The van der Waals surface area contributed by atoms with Gasteiger partial charge in [0.1, 0.15) is 0 Å². The number of nitrogens with zero attached hydrogens (tertiary/aromatic N) is 1. The number of carbonyl (C=O) groups is 1. The second-order valence-electron chi connectivity index (χ2n) is 7.75. The predicted molar refractivity (Wildman–Crippen MR) is 119 cm³/mol. The van der Waals surface area contributed by atoms with Gasteiger partial charge in [-0.2, -0.15) is 0 Å². The number of pyridine rings is 1. The summed E-state index contributed by atoms with van der Waals surface area (Å²) >= 11 is 0. The van der Waals surface area contributed by atoms with Crippen molar-refractivity contribution in [3.8, 4) is 0 Å². The molecule has 1 heterocycles. The van der Waals surface area contributed by atoms with Crippen LogP contribution in [0.1, 0.15) is 54.8 Å². The lowest BCUT2D eigenvalue weighted by molar-refractivity contribution is 0.0936. The Kier molecular flexibility index (Phi) is 6.37. The Morgan fingerprint density at radius 2 is 1.62 bits per heavy atom. The molecule has 0 aliphatic carbocycles. The Labute approximate surface area is 171 Å². The summed E-state index contributed by atoms with van der Waals surface area (Å²) in [6, 6.07) is 17.2. The van der Waals surface area contributed by atoms with Gasteiger partial charge in [-0.15, -0.1) is 0 Å². The van der Waals surface area contributed by atoms with E-state index in [0.717, 1.165) is 12.0 Å². The monoisotopic (exact) mass is 391 g/mol. The summed E-state index contributed by atoms with van der Waals surface area (Å²) in [4.78, 5) is 26.4. The molecular formula is C24H29N3O2. The zero-order chi connectivity index (χ0) is 21.0. The van der Waals surface area contributed by atoms with Crippen molar-refractivity contribution in [1.29, 1.82) is 0 Å². The number of aromatic nitrogens is 1. The Morgan fingerprint density at radius 1 is 1.00 bits per heavy atom. The van der Waals surface area contributed by atoms with Crippen LogP contribution in [-0.2, 0) is 0 Å². The second-order valence-corrected chi connectivity index (χ2v) is 7.75. The lowest BCUT2D eigenvalue weighted by Crippen LogP contribution is -2.37. The summed E-state index contributed by atoms with van der Waals surface area (Å²) < 4.78 is 1.51. The Bertz CT molecular complexity index is 1050. The number of nitrogens with one attached hydrogen (secondary N) is 2. The fourth-order valence-corrected chi connectivity index (χ4v) is 3.55. The first-order chi connectivity index (χ1) is 13.9. The molecule has 5 nitrogen and oxygen atoms in total. The molecule has 1 amide bonds. The van der Waals surface area contributed by atoms with Crippen LogP contribution in [0.4, 0.5) is 0 Å². The molecule has 3 aromatic rings. The first-order valence-electron chi connectivity index (χ1n) is 10.2. The third-order valence-corrected chi connectivity index (χ3v) is 5.13. The van der Waals surface area contributed by atoms with Gasteiger partial charge in [0.15, 0.2) is 0 Å². The van der Waals surface area contributed by atoms with Crippen LogP contribution in [0.5, 0.6) is 0 Å². The molecule has 1 atom stereocenters. The Hall–Kier alpha value is -3.08. The second kappa shape index (κ2) is 8.95. The lowest BCUT2D eigenvalue weighted by Gasteiger charge is -2.22. The molecule has 0 unspecified atom stereocenters. The maximum absolute atomic E-state index is 13.4. The van der Waals surface area contributed by atoms with Crippen LogP contribution < -0.4 is 16.3 Å². The molecule has 2 aromatic carbocycles. The zero-order valence-corrected chi connectivity index (χ0v) is 17.5. The Balaban J connectivity index is 2.07. The van der Waals surface area contributed by atoms with Crippen molar-refractivity contribution in [1.82, 2.24) is 9.99 Å². The van der Waals surface area contributed by atoms with Crippen LogP contribution in [0, 0.1) is 12.8 Å². The van der Waals surface area contributed by atoms with Gasteiger partial charge in [-0.1, -0.05) is 69.3 Å². The van der Waals surface area contributed by atoms with E-state index in [0.29, 0.717) is 34.5 Å². The lowest BCUT2D eigenvalue weighted by atomic mass is 10.0. The maximum Gasteiger partial charge on any atom is 0.276 e. The smallest absolute Gasteiger partial charge is 0.276 e. The fourth-order valence-electron chi connectivity index (χ4n) is 3.55. The van der Waals surface area contributed by atoms with E-state index in [1.807, 2.05) is 62.4 Å². The summed E-state index contributed by atoms with van der Waals surface area (Å²) in [5, 5.41) is 4.37. The van der Waals surface area contributed by atoms with E-state index in [-0.39, 0.29) is 17.5 Å². The minimum Gasteiger partial charge on any atom is -0.345 e. The van der Waals surface area contributed by atoms with Crippen LogP contribution in [-0.4, -0.2) is 17.1 Å². The van der Waals surface area contributed by atoms with Crippen molar-refractivity contribution in [2.75, 3.05) is 12.0 Å². The van der Waals surface area contributed by atoms with Crippen molar-refractivity contribution >= 4 is 16.7 Å². The molecule has 5 heteroatoms. The predicted octanol–water partition coefficient (Wildman–Crippen LogP) is 4.39. The maximum atomic E-state index is 13.4. The molecule has 0 spiro atoms. The summed E-state index contributed by atoms with van der Waals surface area (Å²) in [5.41, 5.74) is 5.28. The highest BCUT2D eigenvalue weighted by Gasteiger charge is 2.22. The SMILES string of the molecule is CC[C@H](NC(=O)c1c(C)n(NCC(C)C)c(=O)c2ccccc12)c1ccccc1. The van der Waals surface area contributed by atoms with E-state index in [1.54, 1.807) is 6.07 Å². The normalized spacial score (nSPS) is 12.2. The van der Waals surface area contributed by atoms with Crippen molar-refractivity contribution in [3.05, 3.63) is 81.8 Å². The zero-order valence-electron chi connectivity index (χ0n) is 17.5. The third kappa shape index (κ3) is 4.34. The molecule has 152 valence electrons. The summed E-state index contributed by atoms with van der Waals surface area (Å²) in [5.74, 6) is 0.196. The highest BCUT2D eigenvalue weighted by Crippen LogP contribution is 2.22. The first kappa shape index (κ1) is 20.6. The van der Waals surface area contributed by atoms with Crippen molar-refractivity contribution < 1.29 is 4.79 Å². The third-order valence-electron chi connectivity index (χ3n) is 5.13. The molecule has 0 radical (unpaired) electrons. The molecule has 2 N–H and O–H groups in total. The van der Waals surface area contributed by atoms with Crippen LogP contribution in [0.3, 0.4) is 0 Å². The average molecular weight is 392 g/mol. The Morgan fingerprint density at radius 3 is 2.24 bits per heavy atom. The highest BCUT2D eigenvalue weighted by atomic mass is 16.2. The van der Waals surface area contributed by atoms with E-state index in [4.69, 9.17) is 0 Å². The van der Waals surface area contributed by atoms with Gasteiger partial charge in [0.2, 0.25) is 0 Å². The molecule has 0 saturated heterocycles. The summed E-state index contributed by atoms with van der Waals surface area (Å²) in [7, 11) is 0. The summed E-state index contributed by atoms with van der Waals surface area (Å²) in [6.07, 6.45) is 0.776. The number of fused-ring (bicyclic) bond motifs is 1. The summed E-state index contributed by atoms with van der Waals surface area (Å²) in [6.45, 7) is 8.66. The molecule has 0 saturated carbocycles. The fraction of sp³-hybridized carbons (Fsp3) is 0.333. The largest absolute Gasteiger partial charge is 0.345 e. The number of amides is 1. The van der Waals surface area contributed by atoms with Crippen molar-refractivity contribution in [3.63, 3.8) is 0 Å². The highest BCUT2D eigenvalue weighted by molar-refractivity contribution is 6.07. The van der Waals surface area contributed by atoms with Gasteiger partial charge in [0, 0.05) is 17.3 Å². The minimum atomic E-state index is -0.172. The molecule has 1 aromatic heterocycles. The standard InChI is InChI=1S/C24H29N3O2/c1-5-21(18-11-7-6-8-12-18)26-23(28)22-17(4)27(25-15-16(2)3)24(29)20-14-10-9-13-19(20)22/h6-14,16,21,25H,5,15H2,1-4H3,(H,26,28)/t21-/m0/s1. The van der Waals surface area contributed by atoms with Crippen LogP contribution in [0.15, 0.2) is 59.4 Å². The number of hydrogen-bond acceptors (Lipinski definition) is 3. The van der Waals surface area contributed by atoms with E-state index < -0.39 is 0 Å². The van der Waals surface area contributed by atoms with Crippen LogP contribution in [0.2, 0.25) is 0 Å². The van der Waals surface area contributed by atoms with Gasteiger partial charge in [0.05, 0.1) is 17.3 Å². The van der Waals surface area contributed by atoms with Crippen LogP contribution in [0.25, 0.3) is 10.8 Å². The van der Waals surface area contributed by atoms with Crippen molar-refractivity contribution in [2.45, 2.75) is 40.2 Å². The van der Waals surface area contributed by atoms with E-state index >= 15 is 0 Å². The average Bonchev–Trinajstić information content (AvgIpc) is 2.72. The van der Waals surface area contributed by atoms with Gasteiger partial charge in [-0.25, -0.2) is 4.68 Å². The van der Waals surface area contributed by atoms with Gasteiger partial charge in [0.25, 0.3) is 11.5 Å².